The lowest BCUT2D eigenvalue weighted by Crippen LogP contribution is -2.43. The van der Waals surface area contributed by atoms with E-state index in [4.69, 9.17) is 0 Å². The van der Waals surface area contributed by atoms with E-state index in [1.165, 1.54) is 19.3 Å². The van der Waals surface area contributed by atoms with Gasteiger partial charge in [0, 0.05) is 0 Å². The number of hydrogen-bond acceptors (Lipinski definition) is 0. The SMILES string of the molecule is CC1C(C)C(CC2CCC2)C1C. The van der Waals surface area contributed by atoms with Crippen molar-refractivity contribution in [3.05, 3.63) is 0 Å². The van der Waals surface area contributed by atoms with Crippen molar-refractivity contribution >= 4 is 0 Å². The molecule has 0 nitrogen and oxygen atoms in total. The van der Waals surface area contributed by atoms with E-state index in [1.54, 1.807) is 6.42 Å². The molecule has 0 saturated heterocycles. The highest BCUT2D eigenvalue weighted by Gasteiger charge is 2.42. The summed E-state index contributed by atoms with van der Waals surface area (Å²) in [5, 5.41) is 0. The van der Waals surface area contributed by atoms with Gasteiger partial charge in [0.2, 0.25) is 0 Å². The van der Waals surface area contributed by atoms with Crippen molar-refractivity contribution < 1.29 is 0 Å². The highest BCUT2D eigenvalue weighted by molar-refractivity contribution is 4.91. The molecular weight excluding hydrogens is 144 g/mol. The van der Waals surface area contributed by atoms with E-state index in [-0.39, 0.29) is 0 Å². The molecule has 2 atom stereocenters. The smallest absolute Gasteiger partial charge is 0.0355 e. The Morgan fingerprint density at radius 1 is 0.917 bits per heavy atom. The van der Waals surface area contributed by atoms with Crippen molar-refractivity contribution in [2.45, 2.75) is 46.5 Å². The van der Waals surface area contributed by atoms with Gasteiger partial charge in [-0.1, -0.05) is 40.0 Å². The molecule has 2 unspecified atom stereocenters. The highest BCUT2D eigenvalue weighted by Crippen LogP contribution is 2.50. The van der Waals surface area contributed by atoms with Gasteiger partial charge in [0.05, 0.1) is 0 Å². The van der Waals surface area contributed by atoms with Gasteiger partial charge in [-0.05, 0) is 36.0 Å². The summed E-state index contributed by atoms with van der Waals surface area (Å²) in [4.78, 5) is 0. The van der Waals surface area contributed by atoms with Gasteiger partial charge in [-0.3, -0.25) is 0 Å². The fraction of sp³-hybridized carbons (Fsp3) is 1.00. The minimum atomic E-state index is 0.995. The first-order chi connectivity index (χ1) is 5.70. The van der Waals surface area contributed by atoms with Crippen molar-refractivity contribution in [1.82, 2.24) is 0 Å². The molecule has 0 aromatic heterocycles. The molecule has 12 heavy (non-hydrogen) atoms. The van der Waals surface area contributed by atoms with E-state index in [9.17, 15) is 0 Å². The topological polar surface area (TPSA) is 0 Å². The Hall–Kier alpha value is 0. The summed E-state index contributed by atoms with van der Waals surface area (Å²) < 4.78 is 0. The minimum Gasteiger partial charge on any atom is -0.0620 e. The van der Waals surface area contributed by atoms with Gasteiger partial charge in [-0.25, -0.2) is 0 Å². The van der Waals surface area contributed by atoms with Crippen LogP contribution in [-0.2, 0) is 0 Å². The summed E-state index contributed by atoms with van der Waals surface area (Å²) in [6, 6.07) is 0. The van der Waals surface area contributed by atoms with Crippen molar-refractivity contribution in [1.29, 1.82) is 0 Å². The zero-order valence-electron chi connectivity index (χ0n) is 8.72. The third-order valence-corrected chi connectivity index (χ3v) is 4.84. The number of hydrogen-bond donors (Lipinski definition) is 0. The molecule has 0 aliphatic heterocycles. The van der Waals surface area contributed by atoms with Gasteiger partial charge in [-0.2, -0.15) is 0 Å². The van der Waals surface area contributed by atoms with E-state index < -0.39 is 0 Å². The van der Waals surface area contributed by atoms with Gasteiger partial charge >= 0.3 is 0 Å². The zero-order valence-corrected chi connectivity index (χ0v) is 8.72. The highest BCUT2D eigenvalue weighted by atomic mass is 14.5. The fourth-order valence-electron chi connectivity index (χ4n) is 3.13. The molecule has 0 spiro atoms. The lowest BCUT2D eigenvalue weighted by atomic mass is 9.55. The molecule has 0 N–H and O–H groups in total. The molecule has 0 aromatic rings. The summed E-state index contributed by atoms with van der Waals surface area (Å²) >= 11 is 0. The summed E-state index contributed by atoms with van der Waals surface area (Å²) in [6.07, 6.45) is 6.12. The molecule has 2 saturated carbocycles. The third-order valence-electron chi connectivity index (χ3n) is 4.84. The van der Waals surface area contributed by atoms with Crippen LogP contribution in [0, 0.1) is 29.6 Å². The molecule has 0 amide bonds. The molecule has 0 heterocycles. The van der Waals surface area contributed by atoms with Crippen molar-refractivity contribution in [3.63, 3.8) is 0 Å². The molecule has 0 radical (unpaired) electrons. The van der Waals surface area contributed by atoms with Crippen LogP contribution >= 0.6 is 0 Å². The lowest BCUT2D eigenvalue weighted by Gasteiger charge is -2.50. The van der Waals surface area contributed by atoms with Crippen molar-refractivity contribution in [2.24, 2.45) is 29.6 Å². The van der Waals surface area contributed by atoms with Crippen molar-refractivity contribution in [2.75, 3.05) is 0 Å². The van der Waals surface area contributed by atoms with E-state index in [0.29, 0.717) is 0 Å². The fourth-order valence-corrected chi connectivity index (χ4v) is 3.13. The van der Waals surface area contributed by atoms with Crippen LogP contribution in [0.5, 0.6) is 0 Å². The summed E-state index contributed by atoms with van der Waals surface area (Å²) in [7, 11) is 0. The van der Waals surface area contributed by atoms with Crippen LogP contribution in [0.4, 0.5) is 0 Å². The van der Waals surface area contributed by atoms with Crippen molar-refractivity contribution in [3.8, 4) is 0 Å². The zero-order chi connectivity index (χ0) is 8.72. The normalized spacial score (nSPS) is 48.2. The van der Waals surface area contributed by atoms with Crippen LogP contribution in [0.25, 0.3) is 0 Å². The van der Waals surface area contributed by atoms with Crippen LogP contribution in [0.1, 0.15) is 46.5 Å². The van der Waals surface area contributed by atoms with E-state index in [0.717, 1.165) is 29.6 Å². The second-order valence-electron chi connectivity index (χ2n) is 5.27. The quantitative estimate of drug-likeness (QED) is 0.586. The second kappa shape index (κ2) is 3.05. The first kappa shape index (κ1) is 8.59. The molecule has 0 aromatic carbocycles. The van der Waals surface area contributed by atoms with E-state index in [1.807, 2.05) is 0 Å². The molecule has 0 heteroatoms. The first-order valence-corrected chi connectivity index (χ1v) is 5.70. The Morgan fingerprint density at radius 2 is 1.50 bits per heavy atom. The van der Waals surface area contributed by atoms with Gasteiger partial charge in [0.15, 0.2) is 0 Å². The molecule has 0 bridgehead atoms. The Bertz CT molecular complexity index is 147. The van der Waals surface area contributed by atoms with Crippen LogP contribution in [0.2, 0.25) is 0 Å². The Labute approximate surface area is 76.7 Å². The van der Waals surface area contributed by atoms with Gasteiger partial charge in [0.25, 0.3) is 0 Å². The summed E-state index contributed by atoms with van der Waals surface area (Å²) in [6.45, 7) is 7.33. The lowest BCUT2D eigenvalue weighted by molar-refractivity contribution is -0.0105. The Morgan fingerprint density at radius 3 is 1.92 bits per heavy atom. The van der Waals surface area contributed by atoms with Crippen LogP contribution in [0.15, 0.2) is 0 Å². The second-order valence-corrected chi connectivity index (χ2v) is 5.27. The van der Waals surface area contributed by atoms with Gasteiger partial charge < -0.3 is 0 Å². The molecule has 2 rings (SSSR count). The average molecular weight is 166 g/mol. The minimum absolute atomic E-state index is 0.995. The van der Waals surface area contributed by atoms with Crippen LogP contribution in [0.3, 0.4) is 0 Å². The number of rotatable bonds is 2. The largest absolute Gasteiger partial charge is 0.0620 e. The third kappa shape index (κ3) is 1.20. The first-order valence-electron chi connectivity index (χ1n) is 5.70. The maximum Gasteiger partial charge on any atom is -0.0355 e. The van der Waals surface area contributed by atoms with Crippen LogP contribution in [-0.4, -0.2) is 0 Å². The maximum atomic E-state index is 2.45. The molecule has 2 aliphatic carbocycles. The van der Waals surface area contributed by atoms with E-state index >= 15 is 0 Å². The Kier molecular flexibility index (Phi) is 2.18. The molecular formula is C12H22. The predicted molar refractivity (Wildman–Crippen MR) is 52.9 cm³/mol. The Balaban J connectivity index is 1.80. The van der Waals surface area contributed by atoms with Gasteiger partial charge in [-0.15, -0.1) is 0 Å². The predicted octanol–water partition coefficient (Wildman–Crippen LogP) is 3.71. The molecule has 2 fully saturated rings. The maximum absolute atomic E-state index is 2.45. The van der Waals surface area contributed by atoms with E-state index in [2.05, 4.69) is 20.8 Å². The monoisotopic (exact) mass is 166 g/mol. The standard InChI is InChI=1S/C12H22/c1-8-9(2)12(10(8)3)7-11-5-4-6-11/h8-12H,4-7H2,1-3H3. The molecule has 2 aliphatic rings. The van der Waals surface area contributed by atoms with Gasteiger partial charge in [0.1, 0.15) is 0 Å². The summed E-state index contributed by atoms with van der Waals surface area (Å²) in [5.74, 6) is 5.22. The summed E-state index contributed by atoms with van der Waals surface area (Å²) in [5.41, 5.74) is 0. The average Bonchev–Trinajstić information content (AvgIpc) is 2.01. The molecule has 70 valence electrons. The van der Waals surface area contributed by atoms with Crippen LogP contribution < -0.4 is 0 Å².